The fourth-order valence-electron chi connectivity index (χ4n) is 1.23. The van der Waals surface area contributed by atoms with Crippen molar-refractivity contribution in [1.29, 1.82) is 0 Å². The van der Waals surface area contributed by atoms with Crippen LogP contribution in [-0.2, 0) is 9.47 Å². The van der Waals surface area contributed by atoms with Crippen molar-refractivity contribution in [2.75, 3.05) is 13.2 Å². The number of ether oxygens (including phenoxy) is 2. The van der Waals surface area contributed by atoms with Crippen molar-refractivity contribution in [2.24, 2.45) is 0 Å². The Hall–Kier alpha value is -0.730. The molecule has 1 heterocycles. The van der Waals surface area contributed by atoms with E-state index in [4.69, 9.17) is 9.47 Å². The molecule has 1 aliphatic heterocycles. The van der Waals surface area contributed by atoms with E-state index in [0.717, 1.165) is 25.2 Å². The first-order valence-electron chi connectivity index (χ1n) is 3.91. The molecule has 1 aliphatic rings. The van der Waals surface area contributed by atoms with Gasteiger partial charge in [0, 0.05) is 0 Å². The minimum absolute atomic E-state index is 0.112. The lowest BCUT2D eigenvalue weighted by Crippen LogP contribution is -2.16. The van der Waals surface area contributed by atoms with E-state index in [1.165, 1.54) is 0 Å². The smallest absolute Gasteiger partial charge is 0.128 e. The van der Waals surface area contributed by atoms with Crippen LogP contribution < -0.4 is 0 Å². The Morgan fingerprint density at radius 3 is 2.82 bits per heavy atom. The summed E-state index contributed by atoms with van der Waals surface area (Å²) in [6.45, 7) is 1.63. The molecule has 0 unspecified atom stereocenters. The summed E-state index contributed by atoms with van der Waals surface area (Å²) in [7, 11) is 0. The summed E-state index contributed by atoms with van der Waals surface area (Å²) in [5, 5.41) is 0. The number of rotatable bonds is 1. The summed E-state index contributed by atoms with van der Waals surface area (Å²) in [5.74, 6) is 0. The van der Waals surface area contributed by atoms with E-state index in [1.54, 1.807) is 0 Å². The number of hydrogen-bond acceptors (Lipinski definition) is 2. The van der Waals surface area contributed by atoms with Gasteiger partial charge in [-0.15, -0.1) is 5.56 Å². The third-order valence-electron chi connectivity index (χ3n) is 1.79. The van der Waals surface area contributed by atoms with Gasteiger partial charge in [0.05, 0.1) is 13.2 Å². The van der Waals surface area contributed by atoms with Crippen LogP contribution in [0.2, 0.25) is 0 Å². The van der Waals surface area contributed by atoms with Gasteiger partial charge >= 0.3 is 0 Å². The fourth-order valence-corrected chi connectivity index (χ4v) is 1.23. The molecule has 0 amide bonds. The Kier molecular flexibility index (Phi) is 1.97. The highest BCUT2D eigenvalue weighted by Crippen LogP contribution is 2.22. The second-order valence-corrected chi connectivity index (χ2v) is 2.65. The van der Waals surface area contributed by atoms with Crippen molar-refractivity contribution in [2.45, 2.75) is 12.7 Å². The Balaban J connectivity index is 2.04. The van der Waals surface area contributed by atoms with E-state index in [9.17, 15) is 0 Å². The Morgan fingerprint density at radius 2 is 2.18 bits per heavy atom. The SMILES string of the molecule is c1cc(C2OCCCO2)c[cH-]1. The molecule has 1 saturated heterocycles. The molecule has 1 aromatic rings. The van der Waals surface area contributed by atoms with Crippen LogP contribution in [0, 0.1) is 0 Å². The van der Waals surface area contributed by atoms with Crippen molar-refractivity contribution < 1.29 is 9.47 Å². The van der Waals surface area contributed by atoms with Crippen molar-refractivity contribution in [3.05, 3.63) is 29.8 Å². The topological polar surface area (TPSA) is 18.5 Å². The molecular formula is C9H11O2-. The van der Waals surface area contributed by atoms with Gasteiger partial charge in [-0.1, -0.05) is 0 Å². The first-order valence-corrected chi connectivity index (χ1v) is 3.91. The summed E-state index contributed by atoms with van der Waals surface area (Å²) in [5.41, 5.74) is 1.13. The second-order valence-electron chi connectivity index (χ2n) is 2.65. The van der Waals surface area contributed by atoms with Gasteiger partial charge in [-0.3, -0.25) is 0 Å². The van der Waals surface area contributed by atoms with Gasteiger partial charge in [0.2, 0.25) is 0 Å². The molecule has 0 saturated carbocycles. The highest BCUT2D eigenvalue weighted by Gasteiger charge is 2.10. The zero-order chi connectivity index (χ0) is 7.52. The van der Waals surface area contributed by atoms with Gasteiger partial charge in [0.1, 0.15) is 6.29 Å². The van der Waals surface area contributed by atoms with Crippen molar-refractivity contribution in [1.82, 2.24) is 0 Å². The monoisotopic (exact) mass is 151 g/mol. The van der Waals surface area contributed by atoms with E-state index in [-0.39, 0.29) is 6.29 Å². The van der Waals surface area contributed by atoms with Crippen molar-refractivity contribution in [3.63, 3.8) is 0 Å². The molecule has 0 spiro atoms. The quantitative estimate of drug-likeness (QED) is 0.570. The Bertz CT molecular complexity index is 197. The van der Waals surface area contributed by atoms with Crippen LogP contribution in [0.4, 0.5) is 0 Å². The maximum atomic E-state index is 5.40. The minimum Gasteiger partial charge on any atom is -0.360 e. The third-order valence-corrected chi connectivity index (χ3v) is 1.79. The van der Waals surface area contributed by atoms with Crippen molar-refractivity contribution >= 4 is 0 Å². The van der Waals surface area contributed by atoms with Crippen LogP contribution in [0.3, 0.4) is 0 Å². The molecule has 0 radical (unpaired) electrons. The van der Waals surface area contributed by atoms with Crippen LogP contribution >= 0.6 is 0 Å². The molecule has 2 rings (SSSR count). The van der Waals surface area contributed by atoms with Gasteiger partial charge < -0.3 is 9.47 Å². The standard InChI is InChI=1S/C9H11O2/c1-2-5-8(4-1)9-10-6-3-7-11-9/h1-2,4-5,9H,3,6-7H2/q-1. The molecule has 60 valence electrons. The lowest BCUT2D eigenvalue weighted by molar-refractivity contribution is -0.182. The molecule has 1 fully saturated rings. The van der Waals surface area contributed by atoms with Gasteiger partial charge in [-0.2, -0.15) is 18.2 Å². The molecule has 0 atom stereocenters. The normalized spacial score (nSPS) is 20.4. The second kappa shape index (κ2) is 3.11. The predicted octanol–water partition coefficient (Wildman–Crippen LogP) is 1.84. The molecule has 0 N–H and O–H groups in total. The Labute approximate surface area is 66.1 Å². The zero-order valence-corrected chi connectivity index (χ0v) is 6.32. The van der Waals surface area contributed by atoms with Gasteiger partial charge in [-0.25, -0.2) is 6.07 Å². The molecule has 0 aliphatic carbocycles. The summed E-state index contributed by atoms with van der Waals surface area (Å²) in [4.78, 5) is 0. The molecule has 1 aromatic carbocycles. The average Bonchev–Trinajstić information content (AvgIpc) is 2.58. The summed E-state index contributed by atoms with van der Waals surface area (Å²) in [6.07, 6.45) is 0.899. The van der Waals surface area contributed by atoms with E-state index in [1.807, 2.05) is 24.3 Å². The predicted molar refractivity (Wildman–Crippen MR) is 41.3 cm³/mol. The van der Waals surface area contributed by atoms with Gasteiger partial charge in [0.15, 0.2) is 0 Å². The van der Waals surface area contributed by atoms with E-state index in [0.29, 0.717) is 0 Å². The van der Waals surface area contributed by atoms with E-state index < -0.39 is 0 Å². The highest BCUT2D eigenvalue weighted by atomic mass is 16.7. The highest BCUT2D eigenvalue weighted by molar-refractivity contribution is 5.17. The average molecular weight is 151 g/mol. The fraction of sp³-hybridized carbons (Fsp3) is 0.444. The maximum absolute atomic E-state index is 5.40. The molecule has 2 nitrogen and oxygen atoms in total. The van der Waals surface area contributed by atoms with Gasteiger partial charge in [0.25, 0.3) is 0 Å². The maximum Gasteiger partial charge on any atom is 0.128 e. The molecular weight excluding hydrogens is 140 g/mol. The number of hydrogen-bond donors (Lipinski definition) is 0. The first-order chi connectivity index (χ1) is 5.47. The first kappa shape index (κ1) is 6.95. The zero-order valence-electron chi connectivity index (χ0n) is 6.32. The Morgan fingerprint density at radius 1 is 1.36 bits per heavy atom. The van der Waals surface area contributed by atoms with Gasteiger partial charge in [-0.05, 0) is 6.42 Å². The van der Waals surface area contributed by atoms with E-state index >= 15 is 0 Å². The lowest BCUT2D eigenvalue weighted by Gasteiger charge is -2.26. The minimum atomic E-state index is -0.112. The van der Waals surface area contributed by atoms with Crippen LogP contribution in [0.25, 0.3) is 0 Å². The summed E-state index contributed by atoms with van der Waals surface area (Å²) < 4.78 is 10.8. The summed E-state index contributed by atoms with van der Waals surface area (Å²) in [6, 6.07) is 8.04. The molecule has 2 heteroatoms. The van der Waals surface area contributed by atoms with Crippen LogP contribution in [0.1, 0.15) is 18.3 Å². The lowest BCUT2D eigenvalue weighted by atomic mass is 10.3. The van der Waals surface area contributed by atoms with Crippen molar-refractivity contribution in [3.8, 4) is 0 Å². The molecule has 0 bridgehead atoms. The largest absolute Gasteiger partial charge is 0.360 e. The van der Waals surface area contributed by atoms with Crippen LogP contribution in [-0.4, -0.2) is 13.2 Å². The third kappa shape index (κ3) is 1.47. The molecule has 0 aromatic heterocycles. The van der Waals surface area contributed by atoms with Crippen LogP contribution in [0.15, 0.2) is 24.3 Å². The molecule has 11 heavy (non-hydrogen) atoms. The van der Waals surface area contributed by atoms with E-state index in [2.05, 4.69) is 0 Å². The summed E-state index contributed by atoms with van der Waals surface area (Å²) >= 11 is 0. The van der Waals surface area contributed by atoms with Crippen LogP contribution in [0.5, 0.6) is 0 Å².